The lowest BCUT2D eigenvalue weighted by molar-refractivity contribution is 0.219. The quantitative estimate of drug-likeness (QED) is 0.751. The second kappa shape index (κ2) is 7.02. The van der Waals surface area contributed by atoms with Crippen LogP contribution in [-0.4, -0.2) is 43.8 Å². The van der Waals surface area contributed by atoms with Gasteiger partial charge >= 0.3 is 0 Å². The number of hydrogen-bond acceptors (Lipinski definition) is 3. The maximum atomic E-state index is 9.24. The van der Waals surface area contributed by atoms with E-state index in [9.17, 15) is 5.11 Å². The number of nitrogens with zero attached hydrogens (tertiary/aromatic N) is 4. The molecule has 25 heavy (non-hydrogen) atoms. The third-order valence-electron chi connectivity index (χ3n) is 5.18. The molecule has 132 valence electrons. The average molecular weight is 338 g/mol. The minimum Gasteiger partial charge on any atom is -0.395 e. The topological polar surface area (TPSA) is 46.2 Å². The van der Waals surface area contributed by atoms with Gasteiger partial charge in [-0.3, -0.25) is 4.90 Å². The summed E-state index contributed by atoms with van der Waals surface area (Å²) in [6, 6.07) is 10.9. The van der Waals surface area contributed by atoms with E-state index in [1.165, 1.54) is 36.3 Å². The summed E-state index contributed by atoms with van der Waals surface area (Å²) < 4.78 is 4.47. The molecule has 0 radical (unpaired) electrons. The summed E-state index contributed by atoms with van der Waals surface area (Å²) in [7, 11) is 0. The molecule has 1 aliphatic heterocycles. The van der Waals surface area contributed by atoms with Crippen LogP contribution in [0.4, 0.5) is 0 Å². The fraction of sp³-hybridized carbons (Fsp3) is 0.450. The van der Waals surface area contributed by atoms with E-state index in [-0.39, 0.29) is 6.61 Å². The fourth-order valence-electron chi connectivity index (χ4n) is 3.79. The van der Waals surface area contributed by atoms with Crippen LogP contribution in [0.15, 0.2) is 36.7 Å². The van der Waals surface area contributed by atoms with E-state index in [4.69, 9.17) is 0 Å². The number of benzene rings is 1. The number of unbranched alkanes of at least 4 members (excludes halogenated alkanes) is 1. The second-order valence-electron chi connectivity index (χ2n) is 6.86. The van der Waals surface area contributed by atoms with E-state index in [1.807, 2.05) is 10.9 Å². The maximum Gasteiger partial charge on any atom is 0.0959 e. The highest BCUT2D eigenvalue weighted by Crippen LogP contribution is 2.28. The standard InChI is InChI=1S/C20H26N4O/c1-2-3-8-22-9-10-24-17(14-22)5-7-19(24)16-4-6-18-20(13-16)23(11-12-25)15-21-18/h4-7,13,15,25H,2-3,8-12,14H2,1H3. The van der Waals surface area contributed by atoms with Crippen LogP contribution in [0.5, 0.6) is 0 Å². The molecule has 3 heterocycles. The number of aliphatic hydroxyl groups excluding tert-OH is 1. The summed E-state index contributed by atoms with van der Waals surface area (Å²) in [5.74, 6) is 0. The zero-order chi connectivity index (χ0) is 17.2. The molecular weight excluding hydrogens is 312 g/mol. The third kappa shape index (κ3) is 3.10. The molecule has 0 amide bonds. The van der Waals surface area contributed by atoms with Crippen molar-refractivity contribution < 1.29 is 5.11 Å². The third-order valence-corrected chi connectivity index (χ3v) is 5.18. The van der Waals surface area contributed by atoms with Crippen molar-refractivity contribution in [3.8, 4) is 11.3 Å². The molecule has 0 saturated carbocycles. The predicted molar refractivity (Wildman–Crippen MR) is 100 cm³/mol. The van der Waals surface area contributed by atoms with Crippen molar-refractivity contribution in [2.45, 2.75) is 39.4 Å². The summed E-state index contributed by atoms with van der Waals surface area (Å²) in [4.78, 5) is 6.98. The summed E-state index contributed by atoms with van der Waals surface area (Å²) >= 11 is 0. The predicted octanol–water partition coefficient (Wildman–Crippen LogP) is 3.11. The van der Waals surface area contributed by atoms with Crippen LogP contribution >= 0.6 is 0 Å². The molecule has 2 aromatic heterocycles. The Morgan fingerprint density at radius 3 is 2.88 bits per heavy atom. The van der Waals surface area contributed by atoms with Crippen molar-refractivity contribution in [3.63, 3.8) is 0 Å². The molecule has 1 N–H and O–H groups in total. The molecular formula is C20H26N4O. The Hall–Kier alpha value is -2.11. The smallest absolute Gasteiger partial charge is 0.0959 e. The van der Waals surface area contributed by atoms with Gasteiger partial charge in [0.1, 0.15) is 0 Å². The monoisotopic (exact) mass is 338 g/mol. The Kier molecular flexibility index (Phi) is 4.59. The number of aromatic nitrogens is 3. The first-order valence-electron chi connectivity index (χ1n) is 9.27. The van der Waals surface area contributed by atoms with Crippen LogP contribution in [0.3, 0.4) is 0 Å². The molecule has 0 bridgehead atoms. The molecule has 0 fully saturated rings. The molecule has 0 atom stereocenters. The highest BCUT2D eigenvalue weighted by molar-refractivity contribution is 5.81. The van der Waals surface area contributed by atoms with Crippen molar-refractivity contribution >= 4 is 11.0 Å². The Morgan fingerprint density at radius 2 is 2.04 bits per heavy atom. The lowest BCUT2D eigenvalue weighted by Gasteiger charge is -2.29. The Bertz CT molecular complexity index is 864. The van der Waals surface area contributed by atoms with Gasteiger partial charge in [0.05, 0.1) is 24.0 Å². The number of rotatable bonds is 6. The van der Waals surface area contributed by atoms with Gasteiger partial charge in [-0.25, -0.2) is 4.98 Å². The Morgan fingerprint density at radius 1 is 1.12 bits per heavy atom. The van der Waals surface area contributed by atoms with E-state index in [1.54, 1.807) is 0 Å². The number of hydrogen-bond donors (Lipinski definition) is 1. The van der Waals surface area contributed by atoms with Gasteiger partial charge in [0.25, 0.3) is 0 Å². The van der Waals surface area contributed by atoms with E-state index >= 15 is 0 Å². The second-order valence-corrected chi connectivity index (χ2v) is 6.86. The molecule has 5 heteroatoms. The lowest BCUT2D eigenvalue weighted by atomic mass is 10.1. The first-order chi connectivity index (χ1) is 12.3. The van der Waals surface area contributed by atoms with Crippen LogP contribution < -0.4 is 0 Å². The highest BCUT2D eigenvalue weighted by atomic mass is 16.3. The number of fused-ring (bicyclic) bond motifs is 2. The van der Waals surface area contributed by atoms with Crippen LogP contribution in [0.25, 0.3) is 22.3 Å². The van der Waals surface area contributed by atoms with Crippen LogP contribution in [0, 0.1) is 0 Å². The van der Waals surface area contributed by atoms with Crippen LogP contribution in [0.1, 0.15) is 25.5 Å². The summed E-state index contributed by atoms with van der Waals surface area (Å²) in [5, 5.41) is 9.24. The van der Waals surface area contributed by atoms with Gasteiger partial charge in [0, 0.05) is 43.1 Å². The summed E-state index contributed by atoms with van der Waals surface area (Å²) in [6.45, 7) is 7.38. The first-order valence-corrected chi connectivity index (χ1v) is 9.27. The van der Waals surface area contributed by atoms with Gasteiger partial charge < -0.3 is 14.2 Å². The fourth-order valence-corrected chi connectivity index (χ4v) is 3.79. The molecule has 0 unspecified atom stereocenters. The van der Waals surface area contributed by atoms with Crippen molar-refractivity contribution in [1.82, 2.24) is 19.0 Å². The average Bonchev–Trinajstić information content (AvgIpc) is 3.24. The molecule has 3 aromatic rings. The van der Waals surface area contributed by atoms with Gasteiger partial charge in [-0.05, 0) is 37.2 Å². The minimum atomic E-state index is 0.129. The normalized spacial score (nSPS) is 15.0. The van der Waals surface area contributed by atoms with Gasteiger partial charge in [-0.1, -0.05) is 19.4 Å². The highest BCUT2D eigenvalue weighted by Gasteiger charge is 2.19. The van der Waals surface area contributed by atoms with E-state index in [0.29, 0.717) is 6.54 Å². The Balaban J connectivity index is 1.64. The lowest BCUT2D eigenvalue weighted by Crippen LogP contribution is -2.34. The van der Waals surface area contributed by atoms with Crippen molar-refractivity contribution in [2.75, 3.05) is 19.7 Å². The number of imidazole rings is 1. The SMILES string of the molecule is CCCCN1CCn2c(ccc2-c2ccc3ncn(CCO)c3c2)C1. The van der Waals surface area contributed by atoms with Crippen LogP contribution in [-0.2, 0) is 19.6 Å². The van der Waals surface area contributed by atoms with E-state index in [0.717, 1.165) is 30.7 Å². The molecule has 5 nitrogen and oxygen atoms in total. The largest absolute Gasteiger partial charge is 0.395 e. The van der Waals surface area contributed by atoms with E-state index in [2.05, 4.69) is 51.7 Å². The maximum absolute atomic E-state index is 9.24. The van der Waals surface area contributed by atoms with Gasteiger partial charge in [0.2, 0.25) is 0 Å². The Labute approximate surface area is 148 Å². The summed E-state index contributed by atoms with van der Waals surface area (Å²) in [6.07, 6.45) is 4.34. The van der Waals surface area contributed by atoms with Gasteiger partial charge in [0.15, 0.2) is 0 Å². The molecule has 0 saturated heterocycles. The summed E-state index contributed by atoms with van der Waals surface area (Å²) in [5.41, 5.74) is 5.97. The zero-order valence-corrected chi connectivity index (χ0v) is 14.9. The van der Waals surface area contributed by atoms with E-state index < -0.39 is 0 Å². The minimum absolute atomic E-state index is 0.129. The zero-order valence-electron chi connectivity index (χ0n) is 14.9. The first kappa shape index (κ1) is 16.4. The molecule has 0 aliphatic carbocycles. The molecule has 4 rings (SSSR count). The molecule has 0 spiro atoms. The van der Waals surface area contributed by atoms with Crippen LogP contribution in [0.2, 0.25) is 0 Å². The van der Waals surface area contributed by atoms with Crippen molar-refractivity contribution in [2.24, 2.45) is 0 Å². The van der Waals surface area contributed by atoms with Gasteiger partial charge in [-0.2, -0.15) is 0 Å². The van der Waals surface area contributed by atoms with Gasteiger partial charge in [-0.15, -0.1) is 0 Å². The van der Waals surface area contributed by atoms with Crippen molar-refractivity contribution in [3.05, 3.63) is 42.4 Å². The number of aliphatic hydroxyl groups is 1. The molecule has 1 aromatic carbocycles. The molecule has 1 aliphatic rings. The van der Waals surface area contributed by atoms with Crippen molar-refractivity contribution in [1.29, 1.82) is 0 Å².